The molecule has 0 spiro atoms. The highest BCUT2D eigenvalue weighted by molar-refractivity contribution is 7.13. The van der Waals surface area contributed by atoms with Crippen molar-refractivity contribution in [2.24, 2.45) is 0 Å². The zero-order chi connectivity index (χ0) is 22.2. The van der Waals surface area contributed by atoms with Crippen LogP contribution >= 0.6 is 11.3 Å². The van der Waals surface area contributed by atoms with Crippen LogP contribution in [0.3, 0.4) is 0 Å². The Morgan fingerprint density at radius 2 is 2.00 bits per heavy atom. The van der Waals surface area contributed by atoms with Crippen molar-refractivity contribution in [2.45, 2.75) is 13.0 Å². The van der Waals surface area contributed by atoms with Gasteiger partial charge in [0.2, 0.25) is 6.10 Å². The average Bonchev–Trinajstić information content (AvgIpc) is 3.26. The summed E-state index contributed by atoms with van der Waals surface area (Å²) >= 11 is 1.27. The summed E-state index contributed by atoms with van der Waals surface area (Å²) in [7, 11) is 1.52. The molecule has 0 bridgehead atoms. The average molecular weight is 438 g/mol. The molecule has 0 radical (unpaired) electrons. The van der Waals surface area contributed by atoms with E-state index in [0.29, 0.717) is 28.7 Å². The highest BCUT2D eigenvalue weighted by Gasteiger charge is 2.27. The first-order valence-electron chi connectivity index (χ1n) is 9.53. The Balaban J connectivity index is 1.83. The van der Waals surface area contributed by atoms with Crippen LogP contribution in [0.4, 0.5) is 10.8 Å². The molecule has 0 aliphatic heterocycles. The van der Waals surface area contributed by atoms with Gasteiger partial charge >= 0.3 is 5.97 Å². The van der Waals surface area contributed by atoms with Crippen molar-refractivity contribution in [2.75, 3.05) is 24.3 Å². The molecule has 3 rings (SSSR count). The van der Waals surface area contributed by atoms with Crippen molar-refractivity contribution in [3.8, 4) is 5.75 Å². The van der Waals surface area contributed by atoms with E-state index in [4.69, 9.17) is 9.47 Å². The Bertz CT molecular complexity index is 1070. The van der Waals surface area contributed by atoms with E-state index in [1.165, 1.54) is 18.4 Å². The zero-order valence-electron chi connectivity index (χ0n) is 17.3. The lowest BCUT2D eigenvalue weighted by molar-refractivity contribution is -0.125. The number of thiazole rings is 1. The number of rotatable bonds is 9. The highest BCUT2D eigenvalue weighted by Crippen LogP contribution is 2.28. The number of ether oxygens (including phenoxy) is 2. The van der Waals surface area contributed by atoms with Crippen LogP contribution in [0.2, 0.25) is 0 Å². The van der Waals surface area contributed by atoms with Crippen LogP contribution in [0.25, 0.3) is 0 Å². The van der Waals surface area contributed by atoms with E-state index >= 15 is 0 Å². The number of nitrogens with one attached hydrogen (secondary N) is 2. The third-order valence-electron chi connectivity index (χ3n) is 4.29. The molecular weight excluding hydrogens is 414 g/mol. The first-order chi connectivity index (χ1) is 15.0. The van der Waals surface area contributed by atoms with E-state index in [1.54, 1.807) is 47.9 Å². The fourth-order valence-electron chi connectivity index (χ4n) is 2.79. The third kappa shape index (κ3) is 5.70. The monoisotopic (exact) mass is 437 g/mol. The SMILES string of the molecule is C=CCNc1nc(C(=O)OC(C(=O)Nc2cc(C)ccc2OC)c2ccccc2)cs1. The Labute approximate surface area is 184 Å². The maximum Gasteiger partial charge on any atom is 0.359 e. The van der Waals surface area contributed by atoms with E-state index in [2.05, 4.69) is 22.2 Å². The predicted molar refractivity (Wildman–Crippen MR) is 122 cm³/mol. The third-order valence-corrected chi connectivity index (χ3v) is 5.09. The van der Waals surface area contributed by atoms with E-state index in [1.807, 2.05) is 19.1 Å². The fourth-order valence-corrected chi connectivity index (χ4v) is 3.48. The number of benzene rings is 2. The lowest BCUT2D eigenvalue weighted by Crippen LogP contribution is -2.26. The topological polar surface area (TPSA) is 89.5 Å². The molecule has 3 aromatic rings. The molecule has 1 unspecified atom stereocenters. The van der Waals surface area contributed by atoms with Gasteiger partial charge in [-0.25, -0.2) is 9.78 Å². The van der Waals surface area contributed by atoms with Gasteiger partial charge in [0.25, 0.3) is 5.91 Å². The molecule has 2 aromatic carbocycles. The van der Waals surface area contributed by atoms with Crippen LogP contribution in [-0.4, -0.2) is 30.5 Å². The van der Waals surface area contributed by atoms with Gasteiger partial charge in [-0.3, -0.25) is 4.79 Å². The summed E-state index contributed by atoms with van der Waals surface area (Å²) in [5.41, 5.74) is 2.11. The molecule has 0 fully saturated rings. The molecule has 2 N–H and O–H groups in total. The lowest BCUT2D eigenvalue weighted by atomic mass is 10.1. The predicted octanol–water partition coefficient (Wildman–Crippen LogP) is 4.59. The van der Waals surface area contributed by atoms with Crippen molar-refractivity contribution in [3.63, 3.8) is 0 Å². The number of carbonyl (C=O) groups is 2. The molecule has 160 valence electrons. The summed E-state index contributed by atoms with van der Waals surface area (Å²) in [6, 6.07) is 14.3. The van der Waals surface area contributed by atoms with E-state index < -0.39 is 18.0 Å². The molecule has 7 nitrogen and oxygen atoms in total. The van der Waals surface area contributed by atoms with Gasteiger partial charge in [0.05, 0.1) is 12.8 Å². The molecule has 0 aliphatic rings. The molecule has 1 heterocycles. The van der Waals surface area contributed by atoms with E-state index in [-0.39, 0.29) is 5.69 Å². The summed E-state index contributed by atoms with van der Waals surface area (Å²) in [5, 5.41) is 7.97. The van der Waals surface area contributed by atoms with Crippen LogP contribution < -0.4 is 15.4 Å². The molecule has 0 saturated carbocycles. The Hall–Kier alpha value is -3.65. The maximum absolute atomic E-state index is 13.1. The second-order valence-electron chi connectivity index (χ2n) is 6.60. The summed E-state index contributed by atoms with van der Waals surface area (Å²) in [4.78, 5) is 30.0. The van der Waals surface area contributed by atoms with Crippen molar-refractivity contribution in [1.29, 1.82) is 0 Å². The van der Waals surface area contributed by atoms with E-state index in [9.17, 15) is 9.59 Å². The number of amides is 1. The highest BCUT2D eigenvalue weighted by atomic mass is 32.1. The quantitative estimate of drug-likeness (QED) is 0.376. The second kappa shape index (κ2) is 10.4. The first kappa shape index (κ1) is 22.0. The maximum atomic E-state index is 13.1. The molecule has 8 heteroatoms. The minimum Gasteiger partial charge on any atom is -0.495 e. The van der Waals surface area contributed by atoms with Crippen molar-refractivity contribution in [1.82, 2.24) is 4.98 Å². The van der Waals surface area contributed by atoms with Gasteiger partial charge in [-0.1, -0.05) is 42.5 Å². The smallest absolute Gasteiger partial charge is 0.359 e. The minimum atomic E-state index is -1.16. The van der Waals surface area contributed by atoms with Crippen molar-refractivity contribution >= 4 is 34.0 Å². The summed E-state index contributed by atoms with van der Waals surface area (Å²) in [6.45, 7) is 6.06. The Morgan fingerprint density at radius 1 is 1.23 bits per heavy atom. The van der Waals surface area contributed by atoms with Crippen LogP contribution in [0, 0.1) is 6.92 Å². The van der Waals surface area contributed by atoms with Crippen LogP contribution in [0.15, 0.2) is 66.6 Å². The molecule has 1 amide bonds. The van der Waals surface area contributed by atoms with Gasteiger partial charge in [0.1, 0.15) is 5.75 Å². The number of esters is 1. The van der Waals surface area contributed by atoms with Gasteiger partial charge in [-0.15, -0.1) is 17.9 Å². The fraction of sp³-hybridized carbons (Fsp3) is 0.174. The first-order valence-corrected chi connectivity index (χ1v) is 10.4. The molecule has 1 atom stereocenters. The zero-order valence-corrected chi connectivity index (χ0v) is 18.1. The summed E-state index contributed by atoms with van der Waals surface area (Å²) in [6.07, 6.45) is 0.527. The Kier molecular flexibility index (Phi) is 7.40. The second-order valence-corrected chi connectivity index (χ2v) is 7.45. The lowest BCUT2D eigenvalue weighted by Gasteiger charge is -2.19. The summed E-state index contributed by atoms with van der Waals surface area (Å²) in [5.74, 6) is -0.679. The van der Waals surface area contributed by atoms with Gasteiger partial charge in [0.15, 0.2) is 10.8 Å². The van der Waals surface area contributed by atoms with Gasteiger partial charge in [0, 0.05) is 17.5 Å². The van der Waals surface area contributed by atoms with Gasteiger partial charge < -0.3 is 20.1 Å². The van der Waals surface area contributed by atoms with Gasteiger partial charge in [-0.2, -0.15) is 0 Å². The van der Waals surface area contributed by atoms with Crippen LogP contribution in [0.1, 0.15) is 27.7 Å². The number of nitrogens with zero attached hydrogens (tertiary/aromatic N) is 1. The number of aromatic nitrogens is 1. The standard InChI is InChI=1S/C23H23N3O4S/c1-4-12-24-23-26-18(14-31-23)22(28)30-20(16-8-6-5-7-9-16)21(27)25-17-13-15(2)10-11-19(17)29-3/h4-11,13-14,20H,1,12H2,2-3H3,(H,24,26)(H,25,27). The minimum absolute atomic E-state index is 0.124. The number of methoxy groups -OCH3 is 1. The normalized spacial score (nSPS) is 11.3. The molecule has 1 aromatic heterocycles. The van der Waals surface area contributed by atoms with Gasteiger partial charge in [-0.05, 0) is 24.6 Å². The molecule has 0 saturated heterocycles. The molecule has 31 heavy (non-hydrogen) atoms. The molecule has 0 aliphatic carbocycles. The number of anilines is 2. The van der Waals surface area contributed by atoms with E-state index in [0.717, 1.165) is 5.56 Å². The largest absolute Gasteiger partial charge is 0.495 e. The van der Waals surface area contributed by atoms with Crippen LogP contribution in [0.5, 0.6) is 5.75 Å². The van der Waals surface area contributed by atoms with Crippen molar-refractivity contribution < 1.29 is 19.1 Å². The number of hydrogen-bond donors (Lipinski definition) is 2. The molecular formula is C23H23N3O4S. The number of hydrogen-bond acceptors (Lipinski definition) is 7. The van der Waals surface area contributed by atoms with Crippen molar-refractivity contribution in [3.05, 3.63) is 83.4 Å². The summed E-state index contributed by atoms with van der Waals surface area (Å²) < 4.78 is 10.9. The number of aryl methyl sites for hydroxylation is 1. The van der Waals surface area contributed by atoms with Crippen LogP contribution in [-0.2, 0) is 9.53 Å². The number of carbonyl (C=O) groups excluding carboxylic acids is 2. The Morgan fingerprint density at radius 3 is 2.71 bits per heavy atom.